The standard InChI is InChI=1S/C19H31N3O4/c1-7-22(11-18(23)20-13(2)3)12-19(24)21-14(4)16-10-15(25-5)8-9-17(16)26-6/h8-10,13-14H,7,11-12H2,1-6H3,(H,20,23)(H,21,24). The highest BCUT2D eigenvalue weighted by Gasteiger charge is 2.18. The highest BCUT2D eigenvalue weighted by Crippen LogP contribution is 2.29. The number of carbonyl (C=O) groups excluding carboxylic acids is 2. The number of rotatable bonds is 10. The fourth-order valence-corrected chi connectivity index (χ4v) is 2.60. The number of nitrogens with one attached hydrogen (secondary N) is 2. The van der Waals surface area contributed by atoms with Crippen molar-refractivity contribution in [1.82, 2.24) is 15.5 Å². The third-order valence-corrected chi connectivity index (χ3v) is 3.91. The molecule has 1 aromatic rings. The molecule has 1 aromatic carbocycles. The first-order valence-corrected chi connectivity index (χ1v) is 8.83. The molecular weight excluding hydrogens is 334 g/mol. The zero-order chi connectivity index (χ0) is 19.7. The van der Waals surface area contributed by atoms with Crippen LogP contribution in [0, 0.1) is 0 Å². The predicted molar refractivity (Wildman–Crippen MR) is 101 cm³/mol. The van der Waals surface area contributed by atoms with Gasteiger partial charge in [-0.3, -0.25) is 14.5 Å². The van der Waals surface area contributed by atoms with Gasteiger partial charge in [0.2, 0.25) is 11.8 Å². The molecule has 0 spiro atoms. The van der Waals surface area contributed by atoms with Gasteiger partial charge in [-0.25, -0.2) is 0 Å². The third kappa shape index (κ3) is 6.92. The van der Waals surface area contributed by atoms with E-state index < -0.39 is 0 Å². The average molecular weight is 365 g/mol. The van der Waals surface area contributed by atoms with E-state index in [9.17, 15) is 9.59 Å². The van der Waals surface area contributed by atoms with Gasteiger partial charge in [-0.05, 0) is 45.5 Å². The van der Waals surface area contributed by atoms with E-state index in [1.165, 1.54) is 0 Å². The van der Waals surface area contributed by atoms with E-state index in [-0.39, 0.29) is 37.0 Å². The van der Waals surface area contributed by atoms with Gasteiger partial charge in [-0.2, -0.15) is 0 Å². The molecule has 0 aliphatic heterocycles. The van der Waals surface area contributed by atoms with E-state index >= 15 is 0 Å². The number of likely N-dealkylation sites (N-methyl/N-ethyl adjacent to an activating group) is 1. The Bertz CT molecular complexity index is 604. The number of methoxy groups -OCH3 is 2. The second-order valence-electron chi connectivity index (χ2n) is 6.42. The van der Waals surface area contributed by atoms with Crippen LogP contribution < -0.4 is 20.1 Å². The zero-order valence-corrected chi connectivity index (χ0v) is 16.6. The molecule has 7 heteroatoms. The SMILES string of the molecule is CCN(CC(=O)NC(C)C)CC(=O)NC(C)c1cc(OC)ccc1OC. The lowest BCUT2D eigenvalue weighted by molar-refractivity contribution is -0.125. The van der Waals surface area contributed by atoms with Crippen LogP contribution in [0.15, 0.2) is 18.2 Å². The largest absolute Gasteiger partial charge is 0.497 e. The normalized spacial score (nSPS) is 12.0. The van der Waals surface area contributed by atoms with E-state index in [1.54, 1.807) is 19.1 Å². The second-order valence-corrected chi connectivity index (χ2v) is 6.42. The minimum absolute atomic E-state index is 0.0792. The zero-order valence-electron chi connectivity index (χ0n) is 16.6. The van der Waals surface area contributed by atoms with Crippen molar-refractivity contribution < 1.29 is 19.1 Å². The molecule has 0 saturated carbocycles. The van der Waals surface area contributed by atoms with Crippen LogP contribution in [0.2, 0.25) is 0 Å². The van der Waals surface area contributed by atoms with Crippen molar-refractivity contribution in [2.75, 3.05) is 33.9 Å². The summed E-state index contributed by atoms with van der Waals surface area (Å²) in [6.07, 6.45) is 0. The molecule has 146 valence electrons. The Hall–Kier alpha value is -2.28. The summed E-state index contributed by atoms with van der Waals surface area (Å²) < 4.78 is 10.6. The second kappa shape index (κ2) is 10.7. The quantitative estimate of drug-likeness (QED) is 0.660. The van der Waals surface area contributed by atoms with Crippen LogP contribution in [-0.2, 0) is 9.59 Å². The van der Waals surface area contributed by atoms with Gasteiger partial charge < -0.3 is 20.1 Å². The number of hydrogen-bond acceptors (Lipinski definition) is 5. The lowest BCUT2D eigenvalue weighted by Gasteiger charge is -2.22. The molecule has 1 unspecified atom stereocenters. The monoisotopic (exact) mass is 365 g/mol. The minimum Gasteiger partial charge on any atom is -0.497 e. The van der Waals surface area contributed by atoms with Crippen LogP contribution in [0.25, 0.3) is 0 Å². The van der Waals surface area contributed by atoms with Gasteiger partial charge >= 0.3 is 0 Å². The summed E-state index contributed by atoms with van der Waals surface area (Å²) in [5, 5.41) is 5.79. The average Bonchev–Trinajstić information content (AvgIpc) is 2.59. The van der Waals surface area contributed by atoms with E-state index in [1.807, 2.05) is 45.9 Å². The van der Waals surface area contributed by atoms with Gasteiger partial charge in [0.25, 0.3) is 0 Å². The highest BCUT2D eigenvalue weighted by atomic mass is 16.5. The van der Waals surface area contributed by atoms with Crippen molar-refractivity contribution >= 4 is 11.8 Å². The topological polar surface area (TPSA) is 79.9 Å². The van der Waals surface area contributed by atoms with Gasteiger partial charge in [0, 0.05) is 11.6 Å². The number of hydrogen-bond donors (Lipinski definition) is 2. The maximum absolute atomic E-state index is 12.4. The fourth-order valence-electron chi connectivity index (χ4n) is 2.60. The molecule has 0 aliphatic rings. The smallest absolute Gasteiger partial charge is 0.234 e. The Labute approximate surface area is 156 Å². The van der Waals surface area contributed by atoms with E-state index in [0.717, 1.165) is 5.56 Å². The van der Waals surface area contributed by atoms with Gasteiger partial charge in [-0.15, -0.1) is 0 Å². The van der Waals surface area contributed by atoms with Gasteiger partial charge in [-0.1, -0.05) is 6.92 Å². The van der Waals surface area contributed by atoms with Crippen LogP contribution in [0.3, 0.4) is 0 Å². The van der Waals surface area contributed by atoms with Crippen LogP contribution in [0.1, 0.15) is 39.3 Å². The lowest BCUT2D eigenvalue weighted by Crippen LogP contribution is -2.44. The number of amides is 2. The van der Waals surface area contributed by atoms with Gasteiger partial charge in [0.05, 0.1) is 33.4 Å². The van der Waals surface area contributed by atoms with Crippen molar-refractivity contribution in [1.29, 1.82) is 0 Å². The van der Waals surface area contributed by atoms with Crippen molar-refractivity contribution in [3.05, 3.63) is 23.8 Å². The molecule has 0 heterocycles. The van der Waals surface area contributed by atoms with Crippen molar-refractivity contribution in [2.45, 2.75) is 39.8 Å². The molecule has 1 atom stereocenters. The van der Waals surface area contributed by atoms with Crippen LogP contribution in [0.4, 0.5) is 0 Å². The molecule has 7 nitrogen and oxygen atoms in total. The molecule has 0 aromatic heterocycles. The molecule has 0 saturated heterocycles. The van der Waals surface area contributed by atoms with Gasteiger partial charge in [0.1, 0.15) is 11.5 Å². The Morgan fingerprint density at radius 3 is 2.15 bits per heavy atom. The Morgan fingerprint density at radius 2 is 1.65 bits per heavy atom. The first kappa shape index (κ1) is 21.8. The number of benzene rings is 1. The first-order valence-electron chi connectivity index (χ1n) is 8.83. The maximum atomic E-state index is 12.4. The van der Waals surface area contributed by atoms with E-state index in [2.05, 4.69) is 10.6 Å². The highest BCUT2D eigenvalue weighted by molar-refractivity contribution is 5.81. The predicted octanol–water partition coefficient (Wildman–Crippen LogP) is 1.73. The minimum atomic E-state index is -0.254. The van der Waals surface area contributed by atoms with Crippen molar-refractivity contribution in [3.8, 4) is 11.5 Å². The number of ether oxygens (including phenoxy) is 2. The summed E-state index contributed by atoms with van der Waals surface area (Å²) in [7, 11) is 3.18. The molecule has 2 N–H and O–H groups in total. The van der Waals surface area contributed by atoms with Crippen molar-refractivity contribution in [3.63, 3.8) is 0 Å². The molecule has 0 aliphatic carbocycles. The summed E-state index contributed by atoms with van der Waals surface area (Å²) in [6, 6.07) is 5.29. The number of carbonyl (C=O) groups is 2. The Kier molecular flexibility index (Phi) is 8.92. The molecule has 0 bridgehead atoms. The van der Waals surface area contributed by atoms with Crippen LogP contribution >= 0.6 is 0 Å². The summed E-state index contributed by atoms with van der Waals surface area (Å²) in [4.78, 5) is 26.1. The molecule has 26 heavy (non-hydrogen) atoms. The first-order chi connectivity index (χ1) is 12.3. The Morgan fingerprint density at radius 1 is 1.04 bits per heavy atom. The summed E-state index contributed by atoms with van der Waals surface area (Å²) >= 11 is 0. The third-order valence-electron chi connectivity index (χ3n) is 3.91. The van der Waals surface area contributed by atoms with E-state index in [4.69, 9.17) is 9.47 Å². The summed E-state index contributed by atoms with van der Waals surface area (Å²) in [6.45, 7) is 8.57. The maximum Gasteiger partial charge on any atom is 0.234 e. The molecular formula is C19H31N3O4. The number of nitrogens with zero attached hydrogens (tertiary/aromatic N) is 1. The lowest BCUT2D eigenvalue weighted by atomic mass is 10.1. The van der Waals surface area contributed by atoms with E-state index in [0.29, 0.717) is 18.0 Å². The molecule has 0 fully saturated rings. The molecule has 2 amide bonds. The Balaban J connectivity index is 2.70. The van der Waals surface area contributed by atoms with Crippen LogP contribution in [0.5, 0.6) is 11.5 Å². The summed E-state index contributed by atoms with van der Waals surface area (Å²) in [5.74, 6) is 1.14. The summed E-state index contributed by atoms with van der Waals surface area (Å²) in [5.41, 5.74) is 0.834. The van der Waals surface area contributed by atoms with Crippen LogP contribution in [-0.4, -0.2) is 56.6 Å². The molecule has 1 rings (SSSR count). The fraction of sp³-hybridized carbons (Fsp3) is 0.579. The van der Waals surface area contributed by atoms with Gasteiger partial charge in [0.15, 0.2) is 0 Å². The molecule has 0 radical (unpaired) electrons. The van der Waals surface area contributed by atoms with Crippen molar-refractivity contribution in [2.24, 2.45) is 0 Å².